The zero-order chi connectivity index (χ0) is 31.1. The highest BCUT2D eigenvalue weighted by Gasteiger charge is 2.34. The summed E-state index contributed by atoms with van der Waals surface area (Å²) in [5.74, 6) is 0.702. The van der Waals surface area contributed by atoms with Crippen molar-refractivity contribution in [3.05, 3.63) is 82.9 Å². The number of pyridine rings is 1. The second kappa shape index (κ2) is 12.1. The zero-order valence-corrected chi connectivity index (χ0v) is 25.8. The van der Waals surface area contributed by atoms with Crippen LogP contribution in [0.5, 0.6) is 0 Å². The van der Waals surface area contributed by atoms with E-state index in [1.807, 2.05) is 43.0 Å². The number of carboxylic acid groups (broad SMARTS) is 1. The molecule has 1 N–H and O–H groups in total. The highest BCUT2D eigenvalue weighted by Crippen LogP contribution is 2.47. The molecular weight excluding hydrogens is 568 g/mol. The van der Waals surface area contributed by atoms with Gasteiger partial charge in [-0.3, -0.25) is 4.79 Å². The number of aromatic nitrogens is 2. The van der Waals surface area contributed by atoms with Crippen LogP contribution in [0.1, 0.15) is 71.2 Å². The van der Waals surface area contributed by atoms with Crippen LogP contribution in [0.2, 0.25) is 0 Å². The van der Waals surface area contributed by atoms with E-state index in [0.717, 1.165) is 51.9 Å². The highest BCUT2D eigenvalue weighted by atomic mass is 16.5. The lowest BCUT2D eigenvalue weighted by Gasteiger charge is -2.41. The molecule has 4 aromatic rings. The normalized spacial score (nSPS) is 19.0. The van der Waals surface area contributed by atoms with Crippen molar-refractivity contribution in [2.45, 2.75) is 52.0 Å². The molecule has 1 saturated carbocycles. The largest absolute Gasteiger partial charge is 0.478 e. The van der Waals surface area contributed by atoms with Gasteiger partial charge in [0.1, 0.15) is 5.69 Å². The Kier molecular flexibility index (Phi) is 7.87. The summed E-state index contributed by atoms with van der Waals surface area (Å²) in [7, 11) is 0. The molecule has 4 heterocycles. The maximum atomic E-state index is 13.7. The van der Waals surface area contributed by atoms with Gasteiger partial charge in [0.15, 0.2) is 11.7 Å². The van der Waals surface area contributed by atoms with Crippen LogP contribution in [0.4, 0.5) is 5.69 Å². The molecule has 2 aromatic heterocycles. The Labute approximate surface area is 262 Å². The summed E-state index contributed by atoms with van der Waals surface area (Å²) < 4.78 is 11.3. The van der Waals surface area contributed by atoms with E-state index >= 15 is 0 Å². The van der Waals surface area contributed by atoms with Gasteiger partial charge in [0, 0.05) is 36.7 Å². The van der Waals surface area contributed by atoms with Gasteiger partial charge in [0.05, 0.1) is 42.6 Å². The van der Waals surface area contributed by atoms with Gasteiger partial charge in [-0.2, -0.15) is 0 Å². The summed E-state index contributed by atoms with van der Waals surface area (Å²) in [6, 6.07) is 15.4. The quantitative estimate of drug-likeness (QED) is 0.262. The van der Waals surface area contributed by atoms with Gasteiger partial charge in [0.2, 0.25) is 5.91 Å². The number of rotatable bonds is 6. The number of ether oxygens (including phenoxy) is 1. The number of nitrogens with zero attached hydrogens (tertiary/aromatic N) is 4. The van der Waals surface area contributed by atoms with Gasteiger partial charge in [-0.1, -0.05) is 43.5 Å². The molecule has 2 aromatic carbocycles. The Morgan fingerprint density at radius 1 is 0.956 bits per heavy atom. The second-order valence-electron chi connectivity index (χ2n) is 12.4. The number of morpholine rings is 1. The van der Waals surface area contributed by atoms with E-state index in [0.29, 0.717) is 43.9 Å². The summed E-state index contributed by atoms with van der Waals surface area (Å²) in [6.07, 6.45) is 8.15. The number of anilines is 1. The van der Waals surface area contributed by atoms with Crippen LogP contribution in [0.25, 0.3) is 27.9 Å². The molecule has 3 aliphatic rings. The number of carboxylic acids is 1. The van der Waals surface area contributed by atoms with Crippen LogP contribution in [0.15, 0.2) is 59.0 Å². The van der Waals surface area contributed by atoms with E-state index < -0.39 is 5.97 Å². The van der Waals surface area contributed by atoms with Gasteiger partial charge in [-0.05, 0) is 67.2 Å². The third-order valence-corrected chi connectivity index (χ3v) is 9.44. The Hall–Kier alpha value is -4.50. The number of oxazole rings is 1. The predicted molar refractivity (Wildman–Crippen MR) is 172 cm³/mol. The van der Waals surface area contributed by atoms with Crippen molar-refractivity contribution in [3.8, 4) is 11.5 Å². The number of amides is 1. The number of hydrogen-bond donors (Lipinski definition) is 1. The predicted octanol–water partition coefficient (Wildman–Crippen LogP) is 6.59. The topological polar surface area (TPSA) is 109 Å². The number of aromatic carboxylic acids is 1. The fourth-order valence-corrected chi connectivity index (χ4v) is 7.16. The number of hydrogen-bond acceptors (Lipinski definition) is 7. The Morgan fingerprint density at radius 2 is 1.76 bits per heavy atom. The molecule has 0 radical (unpaired) electrons. The lowest BCUT2D eigenvalue weighted by atomic mass is 9.77. The van der Waals surface area contributed by atoms with Gasteiger partial charge < -0.3 is 24.1 Å². The van der Waals surface area contributed by atoms with Gasteiger partial charge in [0.25, 0.3) is 0 Å². The summed E-state index contributed by atoms with van der Waals surface area (Å²) in [6.45, 7) is 6.03. The van der Waals surface area contributed by atoms with Crippen LogP contribution < -0.4 is 4.90 Å². The molecule has 1 saturated heterocycles. The molecule has 1 aliphatic carbocycles. The average Bonchev–Trinajstić information content (AvgIpc) is 3.42. The Morgan fingerprint density at radius 3 is 2.49 bits per heavy atom. The summed E-state index contributed by atoms with van der Waals surface area (Å²) in [4.78, 5) is 39.1. The Balaban J connectivity index is 1.33. The lowest BCUT2D eigenvalue weighted by molar-refractivity contribution is -0.133. The molecule has 7 rings (SSSR count). The zero-order valence-electron chi connectivity index (χ0n) is 25.8. The van der Waals surface area contributed by atoms with E-state index in [1.54, 1.807) is 12.1 Å². The van der Waals surface area contributed by atoms with Crippen molar-refractivity contribution in [1.82, 2.24) is 14.9 Å². The minimum absolute atomic E-state index is 0.00862. The van der Waals surface area contributed by atoms with E-state index in [9.17, 15) is 14.7 Å². The molecule has 1 atom stereocenters. The molecule has 0 spiro atoms. The molecule has 0 bridgehead atoms. The third-order valence-electron chi connectivity index (χ3n) is 9.44. The van der Waals surface area contributed by atoms with E-state index in [4.69, 9.17) is 14.1 Å². The van der Waals surface area contributed by atoms with E-state index in [-0.39, 0.29) is 24.1 Å². The van der Waals surface area contributed by atoms with E-state index in [2.05, 4.69) is 28.1 Å². The first-order valence-electron chi connectivity index (χ1n) is 15.9. The van der Waals surface area contributed by atoms with Crippen molar-refractivity contribution in [2.75, 3.05) is 37.7 Å². The number of fused-ring (bicyclic) bond motifs is 2. The number of aryl methyl sites for hydroxylation is 2. The van der Waals surface area contributed by atoms with Crippen molar-refractivity contribution in [1.29, 1.82) is 0 Å². The first kappa shape index (κ1) is 29.2. The molecule has 9 nitrogen and oxygen atoms in total. The van der Waals surface area contributed by atoms with Crippen molar-refractivity contribution in [3.63, 3.8) is 0 Å². The minimum Gasteiger partial charge on any atom is -0.478 e. The highest BCUT2D eigenvalue weighted by molar-refractivity contribution is 5.94. The van der Waals surface area contributed by atoms with Gasteiger partial charge in [-0.25, -0.2) is 14.8 Å². The smallest absolute Gasteiger partial charge is 0.335 e. The summed E-state index contributed by atoms with van der Waals surface area (Å²) in [5.41, 5.74) is 6.70. The number of carbonyl (C=O) groups excluding carboxylic acids is 1. The second-order valence-corrected chi connectivity index (χ2v) is 12.4. The maximum absolute atomic E-state index is 13.7. The minimum atomic E-state index is -0.979. The number of carbonyl (C=O) groups is 2. The molecule has 2 aliphatic heterocycles. The van der Waals surface area contributed by atoms with Crippen molar-refractivity contribution in [2.24, 2.45) is 5.92 Å². The first-order chi connectivity index (χ1) is 21.9. The van der Waals surface area contributed by atoms with Crippen LogP contribution >= 0.6 is 0 Å². The number of benzene rings is 2. The standard InChI is InChI=1S/C36H38N4O5/c1-22-35(45-23(2)37-22)31-13-9-25-18-26(10-12-30(25)38-31)32-20-29(24-6-4-3-5-7-24)28-11-8-27(36(42)43)19-33(28)40(32)21-34(41)39-14-16-44-17-15-39/h8-13,18-20,24,32H,3-7,14-17,21H2,1-2H3,(H,42,43). The van der Waals surface area contributed by atoms with E-state index in [1.165, 1.54) is 24.8 Å². The molecule has 232 valence electrons. The van der Waals surface area contributed by atoms with Crippen molar-refractivity contribution >= 4 is 34.0 Å². The van der Waals surface area contributed by atoms with Crippen molar-refractivity contribution < 1.29 is 23.8 Å². The first-order valence-corrected chi connectivity index (χ1v) is 15.9. The van der Waals surface area contributed by atoms with Crippen LogP contribution in [-0.2, 0) is 9.53 Å². The summed E-state index contributed by atoms with van der Waals surface area (Å²) >= 11 is 0. The SMILES string of the molecule is Cc1nc(C)c(-c2ccc3cc(C4C=C(C5CCCCC5)c5ccc(C(=O)O)cc5N4CC(=O)N4CCOCC4)ccc3n2)o1. The van der Waals surface area contributed by atoms with Crippen LogP contribution in [0, 0.1) is 19.8 Å². The molecule has 9 heteroatoms. The number of allylic oxidation sites excluding steroid dienone is 1. The Bertz CT molecular complexity index is 1800. The monoisotopic (exact) mass is 606 g/mol. The van der Waals surface area contributed by atoms with Crippen LogP contribution in [0.3, 0.4) is 0 Å². The molecule has 1 amide bonds. The van der Waals surface area contributed by atoms with Gasteiger partial charge in [-0.15, -0.1) is 0 Å². The molecular formula is C36H38N4O5. The lowest BCUT2D eigenvalue weighted by Crippen LogP contribution is -2.47. The average molecular weight is 607 g/mol. The summed E-state index contributed by atoms with van der Waals surface area (Å²) in [5, 5.41) is 10.9. The molecule has 45 heavy (non-hydrogen) atoms. The fraction of sp³-hybridized carbons (Fsp3) is 0.389. The van der Waals surface area contributed by atoms with Gasteiger partial charge >= 0.3 is 5.97 Å². The molecule has 2 fully saturated rings. The maximum Gasteiger partial charge on any atom is 0.335 e. The van der Waals surface area contributed by atoms with Crippen LogP contribution in [-0.4, -0.2) is 64.7 Å². The fourth-order valence-electron chi connectivity index (χ4n) is 7.16. The third kappa shape index (κ3) is 5.73. The molecule has 1 unspecified atom stereocenters.